The number of carbonyl (C=O) groups excluding carboxylic acids is 1. The number of aryl methyl sites for hydroxylation is 1. The zero-order chi connectivity index (χ0) is 19.6. The first kappa shape index (κ1) is 18.2. The Kier molecular flexibility index (Phi) is 4.98. The lowest BCUT2D eigenvalue weighted by atomic mass is 10.2. The molecule has 2 aromatic carbocycles. The summed E-state index contributed by atoms with van der Waals surface area (Å²) < 4.78 is 32.8. The zero-order valence-electron chi connectivity index (χ0n) is 14.5. The topological polar surface area (TPSA) is 73.2 Å². The molecule has 0 aliphatic rings. The Morgan fingerprint density at radius 2 is 1.81 bits per heavy atom. The second-order valence-electron chi connectivity index (χ2n) is 5.71. The smallest absolute Gasteiger partial charge is 0.280 e. The summed E-state index contributed by atoms with van der Waals surface area (Å²) in [5.41, 5.74) is 0.207. The van der Waals surface area contributed by atoms with Crippen LogP contribution in [0.1, 0.15) is 16.1 Å². The van der Waals surface area contributed by atoms with Crippen molar-refractivity contribution < 1.29 is 18.3 Å². The number of amides is 1. The predicted molar refractivity (Wildman–Crippen MR) is 95.4 cm³/mol. The molecule has 27 heavy (non-hydrogen) atoms. The summed E-state index contributed by atoms with van der Waals surface area (Å²) in [5.74, 6) is -1.67. The SMILES string of the molecule is COc1cc(=O)n(-c2ccc(F)cc2)nc1C(=O)Nc1ccc(C)c(F)c1. The van der Waals surface area contributed by atoms with E-state index >= 15 is 0 Å². The lowest BCUT2D eigenvalue weighted by molar-refractivity contribution is 0.101. The molecule has 0 saturated heterocycles. The quantitative estimate of drug-likeness (QED) is 0.765. The predicted octanol–water partition coefficient (Wildman–Crippen LogP) is 3.08. The fourth-order valence-electron chi connectivity index (χ4n) is 2.38. The monoisotopic (exact) mass is 371 g/mol. The summed E-state index contributed by atoms with van der Waals surface area (Å²) in [7, 11) is 1.29. The minimum absolute atomic E-state index is 0.0385. The van der Waals surface area contributed by atoms with E-state index in [1.54, 1.807) is 13.0 Å². The van der Waals surface area contributed by atoms with Crippen LogP contribution in [0, 0.1) is 18.6 Å². The van der Waals surface area contributed by atoms with Gasteiger partial charge in [-0.1, -0.05) is 6.07 Å². The maximum Gasteiger partial charge on any atom is 0.280 e. The van der Waals surface area contributed by atoms with Crippen molar-refractivity contribution >= 4 is 11.6 Å². The second-order valence-corrected chi connectivity index (χ2v) is 5.71. The number of ether oxygens (including phenoxy) is 1. The number of nitrogens with one attached hydrogen (secondary N) is 1. The first-order valence-electron chi connectivity index (χ1n) is 7.91. The van der Waals surface area contributed by atoms with Gasteiger partial charge in [0, 0.05) is 5.69 Å². The fourth-order valence-corrected chi connectivity index (χ4v) is 2.38. The maximum atomic E-state index is 13.7. The molecule has 0 atom stereocenters. The second kappa shape index (κ2) is 7.36. The molecule has 1 amide bonds. The molecule has 0 bridgehead atoms. The van der Waals surface area contributed by atoms with Crippen LogP contribution < -0.4 is 15.6 Å². The van der Waals surface area contributed by atoms with Gasteiger partial charge in [0.1, 0.15) is 11.6 Å². The van der Waals surface area contributed by atoms with Crippen molar-refractivity contribution in [3.8, 4) is 11.4 Å². The molecule has 0 aliphatic heterocycles. The minimum atomic E-state index is -0.689. The summed E-state index contributed by atoms with van der Waals surface area (Å²) in [6.07, 6.45) is 0. The van der Waals surface area contributed by atoms with Gasteiger partial charge in [0.15, 0.2) is 11.4 Å². The first-order chi connectivity index (χ1) is 12.9. The average Bonchev–Trinajstić information content (AvgIpc) is 2.65. The number of rotatable bonds is 4. The molecule has 0 saturated carbocycles. The molecule has 3 rings (SSSR count). The molecule has 0 unspecified atom stereocenters. The number of hydrogen-bond acceptors (Lipinski definition) is 4. The van der Waals surface area contributed by atoms with Gasteiger partial charge in [0.2, 0.25) is 0 Å². The summed E-state index contributed by atoms with van der Waals surface area (Å²) in [5, 5.41) is 6.54. The van der Waals surface area contributed by atoms with Crippen LogP contribution in [0.15, 0.2) is 53.3 Å². The Bertz CT molecular complexity index is 1060. The lowest BCUT2D eigenvalue weighted by Crippen LogP contribution is -2.26. The molecule has 3 aromatic rings. The van der Waals surface area contributed by atoms with Gasteiger partial charge in [-0.15, -0.1) is 0 Å². The van der Waals surface area contributed by atoms with Gasteiger partial charge in [-0.25, -0.2) is 8.78 Å². The number of nitrogens with zero attached hydrogens (tertiary/aromatic N) is 2. The van der Waals surface area contributed by atoms with Crippen LogP contribution in [-0.4, -0.2) is 22.8 Å². The number of halogens is 2. The number of carbonyl (C=O) groups is 1. The number of methoxy groups -OCH3 is 1. The molecule has 1 N–H and O–H groups in total. The van der Waals surface area contributed by atoms with Gasteiger partial charge < -0.3 is 10.1 Å². The van der Waals surface area contributed by atoms with Crippen molar-refractivity contribution in [1.29, 1.82) is 0 Å². The Morgan fingerprint density at radius 3 is 2.44 bits per heavy atom. The molecule has 6 nitrogen and oxygen atoms in total. The zero-order valence-corrected chi connectivity index (χ0v) is 14.5. The molecule has 0 aliphatic carbocycles. The van der Waals surface area contributed by atoms with E-state index in [1.165, 1.54) is 43.5 Å². The first-order valence-corrected chi connectivity index (χ1v) is 7.91. The van der Waals surface area contributed by atoms with Crippen molar-refractivity contribution in [1.82, 2.24) is 9.78 Å². The van der Waals surface area contributed by atoms with E-state index in [4.69, 9.17) is 4.74 Å². The van der Waals surface area contributed by atoms with E-state index in [0.717, 1.165) is 10.7 Å². The molecule has 1 aromatic heterocycles. The van der Waals surface area contributed by atoms with Crippen LogP contribution in [0.4, 0.5) is 14.5 Å². The van der Waals surface area contributed by atoms with Gasteiger partial charge in [0.05, 0.1) is 18.9 Å². The molecule has 0 radical (unpaired) electrons. The molecular weight excluding hydrogens is 356 g/mol. The van der Waals surface area contributed by atoms with Crippen LogP contribution in [0.3, 0.4) is 0 Å². The van der Waals surface area contributed by atoms with Crippen molar-refractivity contribution in [2.24, 2.45) is 0 Å². The Morgan fingerprint density at radius 1 is 1.11 bits per heavy atom. The Hall–Kier alpha value is -3.55. The summed E-state index contributed by atoms with van der Waals surface area (Å²) >= 11 is 0. The Balaban J connectivity index is 2.01. The van der Waals surface area contributed by atoms with Crippen molar-refractivity contribution in [3.63, 3.8) is 0 Å². The Labute approximate surface area is 153 Å². The van der Waals surface area contributed by atoms with E-state index < -0.39 is 23.1 Å². The van der Waals surface area contributed by atoms with Gasteiger partial charge in [-0.2, -0.15) is 9.78 Å². The molecule has 0 fully saturated rings. The highest BCUT2D eigenvalue weighted by Crippen LogP contribution is 2.18. The third-order valence-electron chi connectivity index (χ3n) is 3.83. The number of hydrogen-bond donors (Lipinski definition) is 1. The fraction of sp³-hybridized carbons (Fsp3) is 0.105. The number of aromatic nitrogens is 2. The largest absolute Gasteiger partial charge is 0.494 e. The van der Waals surface area contributed by atoms with Crippen molar-refractivity contribution in [2.45, 2.75) is 6.92 Å². The van der Waals surface area contributed by atoms with Gasteiger partial charge in [-0.3, -0.25) is 9.59 Å². The standard InChI is InChI=1S/C19H15F2N3O3/c1-11-3-6-13(9-15(11)21)22-19(26)18-16(27-2)10-17(25)24(23-18)14-7-4-12(20)5-8-14/h3-10H,1-2H3,(H,22,26). The molecule has 0 spiro atoms. The third-order valence-corrected chi connectivity index (χ3v) is 3.83. The van der Waals surface area contributed by atoms with E-state index in [2.05, 4.69) is 10.4 Å². The molecule has 138 valence electrons. The summed E-state index contributed by atoms with van der Waals surface area (Å²) in [4.78, 5) is 24.8. The van der Waals surface area contributed by atoms with Crippen LogP contribution in [-0.2, 0) is 0 Å². The van der Waals surface area contributed by atoms with Gasteiger partial charge >= 0.3 is 0 Å². The van der Waals surface area contributed by atoms with E-state index in [-0.39, 0.29) is 22.8 Å². The van der Waals surface area contributed by atoms with Crippen LogP contribution in [0.5, 0.6) is 5.75 Å². The molecule has 8 heteroatoms. The highest BCUT2D eigenvalue weighted by atomic mass is 19.1. The van der Waals surface area contributed by atoms with Crippen LogP contribution >= 0.6 is 0 Å². The average molecular weight is 371 g/mol. The normalized spacial score (nSPS) is 10.5. The van der Waals surface area contributed by atoms with Gasteiger partial charge in [-0.05, 0) is 48.9 Å². The number of benzene rings is 2. The maximum absolute atomic E-state index is 13.7. The third kappa shape index (κ3) is 3.84. The number of anilines is 1. The highest BCUT2D eigenvalue weighted by molar-refractivity contribution is 6.04. The molecule has 1 heterocycles. The van der Waals surface area contributed by atoms with Crippen LogP contribution in [0.25, 0.3) is 5.69 Å². The van der Waals surface area contributed by atoms with Crippen molar-refractivity contribution in [2.75, 3.05) is 12.4 Å². The summed E-state index contributed by atoms with van der Waals surface area (Å²) in [6.45, 7) is 1.60. The van der Waals surface area contributed by atoms with Crippen molar-refractivity contribution in [3.05, 3.63) is 81.8 Å². The van der Waals surface area contributed by atoms with E-state index in [1.807, 2.05) is 0 Å². The highest BCUT2D eigenvalue weighted by Gasteiger charge is 2.18. The lowest BCUT2D eigenvalue weighted by Gasteiger charge is -2.12. The minimum Gasteiger partial charge on any atom is -0.494 e. The van der Waals surface area contributed by atoms with E-state index in [0.29, 0.717) is 5.56 Å². The van der Waals surface area contributed by atoms with Crippen LogP contribution in [0.2, 0.25) is 0 Å². The summed E-state index contributed by atoms with van der Waals surface area (Å²) in [6, 6.07) is 10.4. The molecular formula is C19H15F2N3O3. The van der Waals surface area contributed by atoms with E-state index in [9.17, 15) is 18.4 Å². The van der Waals surface area contributed by atoms with Gasteiger partial charge in [0.25, 0.3) is 11.5 Å².